The molecule has 0 aliphatic heterocycles. The summed E-state index contributed by atoms with van der Waals surface area (Å²) in [4.78, 5) is 11.3. The Morgan fingerprint density at radius 2 is 2.06 bits per heavy atom. The second-order valence-electron chi connectivity index (χ2n) is 3.34. The summed E-state index contributed by atoms with van der Waals surface area (Å²) in [5.74, 6) is 0.0212. The molecule has 1 N–H and O–H groups in total. The lowest BCUT2D eigenvalue weighted by Crippen LogP contribution is -2.13. The van der Waals surface area contributed by atoms with Gasteiger partial charge in [0.05, 0.1) is 13.0 Å². The first-order valence-electron chi connectivity index (χ1n) is 5.19. The zero-order chi connectivity index (χ0) is 11.8. The Labute approximate surface area is 100.0 Å². The number of carbonyl (C=O) groups excluding carboxylic acids is 1. The van der Waals surface area contributed by atoms with Crippen LogP contribution in [0.4, 0.5) is 0 Å². The van der Waals surface area contributed by atoms with Gasteiger partial charge in [0.15, 0.2) is 0 Å². The molecule has 4 heteroatoms. The van der Waals surface area contributed by atoms with Crippen LogP contribution in [0.3, 0.4) is 0 Å². The van der Waals surface area contributed by atoms with Gasteiger partial charge in [0, 0.05) is 12.3 Å². The van der Waals surface area contributed by atoms with Crippen molar-refractivity contribution in [3.63, 3.8) is 0 Å². The molecule has 88 valence electrons. The summed E-state index contributed by atoms with van der Waals surface area (Å²) in [6.07, 6.45) is 0.270. The third-order valence-electron chi connectivity index (χ3n) is 2.13. The van der Waals surface area contributed by atoms with Gasteiger partial charge in [-0.3, -0.25) is 4.79 Å². The van der Waals surface area contributed by atoms with Crippen LogP contribution in [0.25, 0.3) is 0 Å². The van der Waals surface area contributed by atoms with Crippen LogP contribution in [-0.4, -0.2) is 23.6 Å². The minimum Gasteiger partial charge on any atom is -0.457 e. The van der Waals surface area contributed by atoms with Gasteiger partial charge in [0.2, 0.25) is 0 Å². The van der Waals surface area contributed by atoms with Crippen molar-refractivity contribution in [2.75, 3.05) is 12.5 Å². The largest absolute Gasteiger partial charge is 0.457 e. The van der Waals surface area contributed by atoms with Crippen molar-refractivity contribution in [3.05, 3.63) is 35.9 Å². The SMILES string of the molecule is O=C(CCO)O[C@H](CCCl)c1ccccc1. The van der Waals surface area contributed by atoms with Crippen molar-refractivity contribution >= 4 is 17.6 Å². The van der Waals surface area contributed by atoms with Crippen molar-refractivity contribution in [3.8, 4) is 0 Å². The Kier molecular flexibility index (Phi) is 5.90. The fraction of sp³-hybridized carbons (Fsp3) is 0.417. The van der Waals surface area contributed by atoms with E-state index < -0.39 is 5.97 Å². The normalized spacial score (nSPS) is 12.1. The first kappa shape index (κ1) is 13.0. The fourth-order valence-electron chi connectivity index (χ4n) is 1.37. The molecule has 0 saturated carbocycles. The highest BCUT2D eigenvalue weighted by molar-refractivity contribution is 6.17. The average Bonchev–Trinajstić information content (AvgIpc) is 2.30. The van der Waals surface area contributed by atoms with E-state index in [1.54, 1.807) is 0 Å². The van der Waals surface area contributed by atoms with Crippen LogP contribution in [0.1, 0.15) is 24.5 Å². The molecule has 0 aliphatic rings. The third-order valence-corrected chi connectivity index (χ3v) is 2.35. The van der Waals surface area contributed by atoms with E-state index in [2.05, 4.69) is 0 Å². The molecule has 1 atom stereocenters. The lowest BCUT2D eigenvalue weighted by Gasteiger charge is -2.16. The summed E-state index contributed by atoms with van der Waals surface area (Å²) in [6, 6.07) is 9.45. The van der Waals surface area contributed by atoms with Crippen molar-refractivity contribution in [2.45, 2.75) is 18.9 Å². The molecule has 1 rings (SSSR count). The van der Waals surface area contributed by atoms with Crippen LogP contribution >= 0.6 is 11.6 Å². The molecule has 0 unspecified atom stereocenters. The van der Waals surface area contributed by atoms with Gasteiger partial charge in [-0.15, -0.1) is 11.6 Å². The maximum Gasteiger partial charge on any atom is 0.308 e. The van der Waals surface area contributed by atoms with Gasteiger partial charge in [-0.1, -0.05) is 30.3 Å². The molecule has 0 spiro atoms. The van der Waals surface area contributed by atoms with E-state index in [1.807, 2.05) is 30.3 Å². The smallest absolute Gasteiger partial charge is 0.308 e. The number of aliphatic hydroxyl groups is 1. The van der Waals surface area contributed by atoms with Crippen molar-refractivity contribution in [1.29, 1.82) is 0 Å². The summed E-state index contributed by atoms with van der Waals surface area (Å²) >= 11 is 5.67. The highest BCUT2D eigenvalue weighted by Gasteiger charge is 2.15. The molecular formula is C12H15ClO3. The van der Waals surface area contributed by atoms with Crippen LogP contribution in [0.15, 0.2) is 30.3 Å². The van der Waals surface area contributed by atoms with E-state index in [-0.39, 0.29) is 19.1 Å². The van der Waals surface area contributed by atoms with Crippen LogP contribution in [0.2, 0.25) is 0 Å². The highest BCUT2D eigenvalue weighted by atomic mass is 35.5. The summed E-state index contributed by atoms with van der Waals surface area (Å²) in [5, 5.41) is 8.62. The maximum absolute atomic E-state index is 11.3. The first-order valence-corrected chi connectivity index (χ1v) is 5.72. The van der Waals surface area contributed by atoms with Gasteiger partial charge in [-0.05, 0) is 5.56 Å². The lowest BCUT2D eigenvalue weighted by molar-refractivity contribution is -0.150. The molecule has 0 amide bonds. The highest BCUT2D eigenvalue weighted by Crippen LogP contribution is 2.22. The van der Waals surface area contributed by atoms with E-state index in [0.717, 1.165) is 5.56 Å². The number of halogens is 1. The van der Waals surface area contributed by atoms with Crippen molar-refractivity contribution in [2.24, 2.45) is 0 Å². The van der Waals surface area contributed by atoms with E-state index in [1.165, 1.54) is 0 Å². The standard InChI is InChI=1S/C12H15ClO3/c13-8-6-11(16-12(15)7-9-14)10-4-2-1-3-5-10/h1-5,11,14H,6-9H2/t11-/m1/s1. The Bertz CT molecular complexity index is 313. The number of hydrogen-bond acceptors (Lipinski definition) is 3. The Hall–Kier alpha value is -1.06. The average molecular weight is 243 g/mol. The summed E-state index contributed by atoms with van der Waals surface area (Å²) in [7, 11) is 0. The summed E-state index contributed by atoms with van der Waals surface area (Å²) in [6.45, 7) is -0.193. The Morgan fingerprint density at radius 1 is 1.38 bits per heavy atom. The molecule has 0 radical (unpaired) electrons. The molecule has 3 nitrogen and oxygen atoms in total. The van der Waals surface area contributed by atoms with Crippen molar-refractivity contribution < 1.29 is 14.6 Å². The third kappa shape index (κ3) is 4.21. The van der Waals surface area contributed by atoms with Crippen LogP contribution < -0.4 is 0 Å². The molecule has 0 aromatic heterocycles. The van der Waals surface area contributed by atoms with Gasteiger partial charge in [0.25, 0.3) is 0 Å². The first-order chi connectivity index (χ1) is 7.77. The Morgan fingerprint density at radius 3 is 2.62 bits per heavy atom. The van der Waals surface area contributed by atoms with Gasteiger partial charge < -0.3 is 9.84 Å². The van der Waals surface area contributed by atoms with Crippen LogP contribution in [0.5, 0.6) is 0 Å². The predicted octanol–water partition coefficient (Wildman–Crippen LogP) is 2.28. The molecule has 1 aromatic carbocycles. The van der Waals surface area contributed by atoms with Crippen LogP contribution in [-0.2, 0) is 9.53 Å². The van der Waals surface area contributed by atoms with E-state index in [0.29, 0.717) is 12.3 Å². The monoisotopic (exact) mass is 242 g/mol. The number of alkyl halides is 1. The van der Waals surface area contributed by atoms with Gasteiger partial charge in [0.1, 0.15) is 6.10 Å². The number of rotatable bonds is 6. The number of esters is 1. The number of benzene rings is 1. The predicted molar refractivity (Wildman–Crippen MR) is 62.3 cm³/mol. The summed E-state index contributed by atoms with van der Waals surface area (Å²) in [5.41, 5.74) is 0.925. The number of ether oxygens (including phenoxy) is 1. The zero-order valence-corrected chi connectivity index (χ0v) is 9.69. The quantitative estimate of drug-likeness (QED) is 0.615. The maximum atomic E-state index is 11.3. The second-order valence-corrected chi connectivity index (χ2v) is 3.72. The molecule has 16 heavy (non-hydrogen) atoms. The van der Waals surface area contributed by atoms with Gasteiger partial charge >= 0.3 is 5.97 Å². The van der Waals surface area contributed by atoms with Gasteiger partial charge in [-0.25, -0.2) is 0 Å². The molecular weight excluding hydrogens is 228 g/mol. The number of carbonyl (C=O) groups is 1. The molecule has 0 fully saturated rings. The Balaban J connectivity index is 2.64. The topological polar surface area (TPSA) is 46.5 Å². The molecule has 0 heterocycles. The molecule has 0 saturated heterocycles. The fourth-order valence-corrected chi connectivity index (χ4v) is 1.57. The summed E-state index contributed by atoms with van der Waals surface area (Å²) < 4.78 is 5.23. The zero-order valence-electron chi connectivity index (χ0n) is 8.93. The minimum atomic E-state index is -0.401. The van der Waals surface area contributed by atoms with Crippen molar-refractivity contribution in [1.82, 2.24) is 0 Å². The second kappa shape index (κ2) is 7.25. The van der Waals surface area contributed by atoms with E-state index in [4.69, 9.17) is 21.4 Å². The molecule has 0 aliphatic carbocycles. The van der Waals surface area contributed by atoms with Gasteiger partial charge in [-0.2, -0.15) is 0 Å². The van der Waals surface area contributed by atoms with E-state index >= 15 is 0 Å². The molecule has 0 bridgehead atoms. The van der Waals surface area contributed by atoms with E-state index in [9.17, 15) is 4.79 Å². The minimum absolute atomic E-state index is 0.0195. The number of hydrogen-bond donors (Lipinski definition) is 1. The molecule has 1 aromatic rings. The lowest BCUT2D eigenvalue weighted by atomic mass is 10.1. The van der Waals surface area contributed by atoms with Crippen LogP contribution in [0, 0.1) is 0 Å². The number of aliphatic hydroxyl groups excluding tert-OH is 1.